The summed E-state index contributed by atoms with van der Waals surface area (Å²) in [5, 5.41) is 13.9. The molecule has 0 saturated heterocycles. The van der Waals surface area contributed by atoms with Gasteiger partial charge in [0.15, 0.2) is 0 Å². The quantitative estimate of drug-likeness (QED) is 0.612. The summed E-state index contributed by atoms with van der Waals surface area (Å²) in [6.45, 7) is 3.96. The molecule has 0 spiro atoms. The van der Waals surface area contributed by atoms with Crippen molar-refractivity contribution in [3.8, 4) is 0 Å². The van der Waals surface area contributed by atoms with E-state index in [1.54, 1.807) is 12.1 Å². The van der Waals surface area contributed by atoms with Gasteiger partial charge in [0.05, 0.1) is 4.92 Å². The second kappa shape index (κ2) is 4.22. The van der Waals surface area contributed by atoms with Crippen molar-refractivity contribution in [1.82, 2.24) is 5.32 Å². The summed E-state index contributed by atoms with van der Waals surface area (Å²) in [4.78, 5) is 10.2. The minimum Gasteiger partial charge on any atom is -0.312 e. The molecular weight excluding hydrogens is 204 g/mol. The SMILES string of the molecule is CC1(CNCc2cccc([N+](=O)[O-])c2)CC1. The van der Waals surface area contributed by atoms with Crippen molar-refractivity contribution in [1.29, 1.82) is 0 Å². The zero-order valence-corrected chi connectivity index (χ0v) is 9.40. The van der Waals surface area contributed by atoms with E-state index in [-0.39, 0.29) is 10.6 Å². The minimum atomic E-state index is -0.355. The van der Waals surface area contributed by atoms with Gasteiger partial charge in [-0.2, -0.15) is 0 Å². The number of hydrogen-bond acceptors (Lipinski definition) is 3. The van der Waals surface area contributed by atoms with E-state index in [9.17, 15) is 10.1 Å². The van der Waals surface area contributed by atoms with Gasteiger partial charge in [0.1, 0.15) is 0 Å². The van der Waals surface area contributed by atoms with E-state index in [0.717, 1.165) is 12.1 Å². The fraction of sp³-hybridized carbons (Fsp3) is 0.500. The Morgan fingerprint density at radius 3 is 2.88 bits per heavy atom. The number of nitro groups is 1. The smallest absolute Gasteiger partial charge is 0.269 e. The predicted octanol–water partition coefficient (Wildman–Crippen LogP) is 2.48. The van der Waals surface area contributed by atoms with Crippen LogP contribution < -0.4 is 5.32 Å². The Morgan fingerprint density at radius 2 is 2.25 bits per heavy atom. The molecule has 0 aromatic heterocycles. The average Bonchev–Trinajstić information content (AvgIpc) is 2.97. The van der Waals surface area contributed by atoms with Gasteiger partial charge in [0.25, 0.3) is 5.69 Å². The van der Waals surface area contributed by atoms with Crippen LogP contribution in [0, 0.1) is 15.5 Å². The van der Waals surface area contributed by atoms with Crippen LogP contribution in [0.3, 0.4) is 0 Å². The molecule has 86 valence electrons. The molecule has 16 heavy (non-hydrogen) atoms. The van der Waals surface area contributed by atoms with E-state index in [0.29, 0.717) is 12.0 Å². The summed E-state index contributed by atoms with van der Waals surface area (Å²) >= 11 is 0. The first-order chi connectivity index (χ1) is 7.59. The molecule has 0 radical (unpaired) electrons. The summed E-state index contributed by atoms with van der Waals surface area (Å²) in [6.07, 6.45) is 2.57. The highest BCUT2D eigenvalue weighted by atomic mass is 16.6. The van der Waals surface area contributed by atoms with Gasteiger partial charge in [0, 0.05) is 25.2 Å². The summed E-state index contributed by atoms with van der Waals surface area (Å²) < 4.78 is 0. The Hall–Kier alpha value is -1.42. The lowest BCUT2D eigenvalue weighted by Gasteiger charge is -2.09. The van der Waals surface area contributed by atoms with Crippen molar-refractivity contribution in [3.05, 3.63) is 39.9 Å². The molecule has 1 aliphatic rings. The Balaban J connectivity index is 1.88. The first-order valence-corrected chi connectivity index (χ1v) is 5.53. The highest BCUT2D eigenvalue weighted by molar-refractivity contribution is 5.34. The number of non-ortho nitro benzene ring substituents is 1. The molecule has 0 amide bonds. The molecule has 1 fully saturated rings. The highest BCUT2D eigenvalue weighted by Gasteiger charge is 2.36. The second-order valence-electron chi connectivity index (χ2n) is 4.84. The number of benzene rings is 1. The van der Waals surface area contributed by atoms with E-state index in [1.807, 2.05) is 6.07 Å². The summed E-state index contributed by atoms with van der Waals surface area (Å²) in [5.41, 5.74) is 1.61. The van der Waals surface area contributed by atoms with Crippen LogP contribution in [0.2, 0.25) is 0 Å². The molecule has 0 heterocycles. The third kappa shape index (κ3) is 2.79. The maximum absolute atomic E-state index is 10.6. The predicted molar refractivity (Wildman–Crippen MR) is 62.1 cm³/mol. The molecule has 1 aromatic carbocycles. The number of hydrogen-bond donors (Lipinski definition) is 1. The topological polar surface area (TPSA) is 55.2 Å². The fourth-order valence-corrected chi connectivity index (χ4v) is 1.68. The van der Waals surface area contributed by atoms with Crippen molar-refractivity contribution in [3.63, 3.8) is 0 Å². The van der Waals surface area contributed by atoms with Crippen molar-refractivity contribution >= 4 is 5.69 Å². The van der Waals surface area contributed by atoms with Gasteiger partial charge in [-0.15, -0.1) is 0 Å². The third-order valence-electron chi connectivity index (χ3n) is 3.11. The fourth-order valence-electron chi connectivity index (χ4n) is 1.68. The maximum atomic E-state index is 10.6. The molecule has 1 aliphatic carbocycles. The third-order valence-corrected chi connectivity index (χ3v) is 3.11. The Morgan fingerprint density at radius 1 is 1.50 bits per heavy atom. The van der Waals surface area contributed by atoms with Crippen molar-refractivity contribution < 1.29 is 4.92 Å². The van der Waals surface area contributed by atoms with E-state index >= 15 is 0 Å². The van der Waals surface area contributed by atoms with E-state index in [2.05, 4.69) is 12.2 Å². The van der Waals surface area contributed by atoms with Crippen LogP contribution in [-0.4, -0.2) is 11.5 Å². The molecule has 0 bridgehead atoms. The van der Waals surface area contributed by atoms with Gasteiger partial charge in [-0.05, 0) is 23.8 Å². The van der Waals surface area contributed by atoms with Gasteiger partial charge in [0.2, 0.25) is 0 Å². The normalized spacial score (nSPS) is 17.1. The van der Waals surface area contributed by atoms with Gasteiger partial charge < -0.3 is 5.32 Å². The zero-order valence-electron chi connectivity index (χ0n) is 9.40. The number of nitro benzene ring substituents is 1. The minimum absolute atomic E-state index is 0.164. The Bertz CT molecular complexity index is 400. The van der Waals surface area contributed by atoms with E-state index in [1.165, 1.54) is 18.9 Å². The molecule has 2 rings (SSSR count). The van der Waals surface area contributed by atoms with Gasteiger partial charge >= 0.3 is 0 Å². The summed E-state index contributed by atoms with van der Waals surface area (Å²) in [6, 6.07) is 6.79. The first kappa shape index (κ1) is 11.1. The maximum Gasteiger partial charge on any atom is 0.269 e. The average molecular weight is 220 g/mol. The number of nitrogens with one attached hydrogen (secondary N) is 1. The molecule has 0 atom stereocenters. The van der Waals surface area contributed by atoms with Crippen LogP contribution in [0.1, 0.15) is 25.3 Å². The van der Waals surface area contributed by atoms with Crippen LogP contribution in [0.4, 0.5) is 5.69 Å². The lowest BCUT2D eigenvalue weighted by atomic mass is 10.1. The van der Waals surface area contributed by atoms with Crippen LogP contribution in [-0.2, 0) is 6.54 Å². The molecular formula is C12H16N2O2. The zero-order chi connectivity index (χ0) is 11.6. The molecule has 0 unspecified atom stereocenters. The second-order valence-corrected chi connectivity index (χ2v) is 4.84. The van der Waals surface area contributed by atoms with Crippen molar-refractivity contribution in [2.24, 2.45) is 5.41 Å². The molecule has 1 N–H and O–H groups in total. The van der Waals surface area contributed by atoms with Crippen molar-refractivity contribution in [2.45, 2.75) is 26.3 Å². The summed E-state index contributed by atoms with van der Waals surface area (Å²) in [5.74, 6) is 0. The van der Waals surface area contributed by atoms with Crippen LogP contribution >= 0.6 is 0 Å². The highest BCUT2D eigenvalue weighted by Crippen LogP contribution is 2.44. The van der Waals surface area contributed by atoms with Gasteiger partial charge in [-0.1, -0.05) is 19.1 Å². The Kier molecular flexibility index (Phi) is 2.92. The van der Waals surface area contributed by atoms with Gasteiger partial charge in [-0.3, -0.25) is 10.1 Å². The summed E-state index contributed by atoms with van der Waals surface area (Å²) in [7, 11) is 0. The molecule has 1 aromatic rings. The molecule has 1 saturated carbocycles. The number of nitrogens with zero attached hydrogens (tertiary/aromatic N) is 1. The largest absolute Gasteiger partial charge is 0.312 e. The van der Waals surface area contributed by atoms with Crippen LogP contribution in [0.5, 0.6) is 0 Å². The lowest BCUT2D eigenvalue weighted by Crippen LogP contribution is -2.21. The van der Waals surface area contributed by atoms with E-state index < -0.39 is 0 Å². The number of rotatable bonds is 5. The molecule has 4 nitrogen and oxygen atoms in total. The lowest BCUT2D eigenvalue weighted by molar-refractivity contribution is -0.384. The van der Waals surface area contributed by atoms with Gasteiger partial charge in [-0.25, -0.2) is 0 Å². The molecule has 4 heteroatoms. The first-order valence-electron chi connectivity index (χ1n) is 5.53. The standard InChI is InChI=1S/C12H16N2O2/c1-12(5-6-12)9-13-8-10-3-2-4-11(7-10)14(15)16/h2-4,7,13H,5-6,8-9H2,1H3. The van der Waals surface area contributed by atoms with Crippen LogP contribution in [0.15, 0.2) is 24.3 Å². The Labute approximate surface area is 94.8 Å². The monoisotopic (exact) mass is 220 g/mol. The van der Waals surface area contributed by atoms with Crippen molar-refractivity contribution in [2.75, 3.05) is 6.54 Å². The van der Waals surface area contributed by atoms with E-state index in [4.69, 9.17) is 0 Å². The molecule has 0 aliphatic heterocycles. The van der Waals surface area contributed by atoms with Crippen LogP contribution in [0.25, 0.3) is 0 Å².